The summed E-state index contributed by atoms with van der Waals surface area (Å²) in [6.45, 7) is 1.99. The fourth-order valence-corrected chi connectivity index (χ4v) is 4.01. The summed E-state index contributed by atoms with van der Waals surface area (Å²) in [5.41, 5.74) is 1.90. The van der Waals surface area contributed by atoms with Crippen LogP contribution in [0.15, 0.2) is 46.1 Å². The van der Waals surface area contributed by atoms with Crippen LogP contribution in [-0.4, -0.2) is 27.8 Å². The van der Waals surface area contributed by atoms with Gasteiger partial charge in [-0.15, -0.1) is 21.5 Å². The Hall–Kier alpha value is -2.23. The third kappa shape index (κ3) is 5.12. The number of thiophene rings is 1. The van der Waals surface area contributed by atoms with Gasteiger partial charge in [0, 0.05) is 5.69 Å². The van der Waals surface area contributed by atoms with Gasteiger partial charge in [0.25, 0.3) is 5.91 Å². The van der Waals surface area contributed by atoms with E-state index in [2.05, 4.69) is 20.8 Å². The lowest BCUT2D eigenvalue weighted by molar-refractivity contribution is -0.113. The molecule has 0 radical (unpaired) electrons. The molecular weight excluding hydrogens is 376 g/mol. The van der Waals surface area contributed by atoms with Crippen LogP contribution in [0.5, 0.6) is 0 Å². The fourth-order valence-electron chi connectivity index (χ4n) is 1.85. The Bertz CT molecular complexity index is 860. The molecule has 0 bridgehead atoms. The highest BCUT2D eigenvalue weighted by molar-refractivity contribution is 8.01. The van der Waals surface area contributed by atoms with Crippen LogP contribution in [0.25, 0.3) is 0 Å². The number of carbonyl (C=O) groups excluding carboxylic acids is 2. The second-order valence-electron chi connectivity index (χ2n) is 5.01. The first-order valence-corrected chi connectivity index (χ1v) is 9.96. The molecule has 0 aliphatic heterocycles. The van der Waals surface area contributed by atoms with E-state index in [-0.39, 0.29) is 17.6 Å². The third-order valence-electron chi connectivity index (χ3n) is 3.03. The van der Waals surface area contributed by atoms with Crippen molar-refractivity contribution >= 4 is 57.1 Å². The van der Waals surface area contributed by atoms with E-state index in [9.17, 15) is 9.59 Å². The average Bonchev–Trinajstić information content (AvgIpc) is 3.27. The van der Waals surface area contributed by atoms with E-state index in [1.807, 2.05) is 42.6 Å². The molecule has 2 heterocycles. The third-order valence-corrected chi connectivity index (χ3v) is 5.87. The van der Waals surface area contributed by atoms with Crippen LogP contribution >= 0.6 is 34.4 Å². The summed E-state index contributed by atoms with van der Waals surface area (Å²) in [5, 5.41) is 15.7. The number of carbonyl (C=O) groups is 2. The number of benzene rings is 1. The Labute approximate surface area is 156 Å². The van der Waals surface area contributed by atoms with Gasteiger partial charge in [0.05, 0.1) is 10.6 Å². The van der Waals surface area contributed by atoms with Crippen molar-refractivity contribution in [2.45, 2.75) is 11.3 Å². The molecule has 9 heteroatoms. The van der Waals surface area contributed by atoms with Crippen molar-refractivity contribution in [1.82, 2.24) is 10.2 Å². The number of aryl methyl sites for hydroxylation is 1. The maximum Gasteiger partial charge on any atom is 0.267 e. The predicted octanol–water partition coefficient (Wildman–Crippen LogP) is 3.89. The molecule has 25 heavy (non-hydrogen) atoms. The first-order valence-electron chi connectivity index (χ1n) is 7.28. The van der Waals surface area contributed by atoms with Crippen LogP contribution in [0, 0.1) is 6.92 Å². The Balaban J connectivity index is 1.49. The van der Waals surface area contributed by atoms with Gasteiger partial charge in [-0.25, -0.2) is 0 Å². The molecule has 0 saturated carbocycles. The van der Waals surface area contributed by atoms with Gasteiger partial charge < -0.3 is 5.32 Å². The number of thioether (sulfide) groups is 1. The number of nitrogens with zero attached hydrogens (tertiary/aromatic N) is 2. The molecule has 0 fully saturated rings. The fraction of sp³-hybridized carbons (Fsp3) is 0.125. The largest absolute Gasteiger partial charge is 0.325 e. The van der Waals surface area contributed by atoms with Crippen molar-refractivity contribution in [3.63, 3.8) is 0 Å². The van der Waals surface area contributed by atoms with Crippen LogP contribution < -0.4 is 10.6 Å². The van der Waals surface area contributed by atoms with E-state index < -0.39 is 0 Å². The van der Waals surface area contributed by atoms with Gasteiger partial charge in [-0.2, -0.15) is 0 Å². The van der Waals surface area contributed by atoms with E-state index in [1.165, 1.54) is 34.4 Å². The monoisotopic (exact) mass is 390 g/mol. The zero-order valence-electron chi connectivity index (χ0n) is 13.2. The lowest BCUT2D eigenvalue weighted by atomic mass is 10.2. The molecule has 2 amide bonds. The molecule has 2 N–H and O–H groups in total. The first-order chi connectivity index (χ1) is 12.1. The number of hydrogen-bond acceptors (Lipinski definition) is 7. The minimum Gasteiger partial charge on any atom is -0.325 e. The Kier molecular flexibility index (Phi) is 5.79. The van der Waals surface area contributed by atoms with Crippen molar-refractivity contribution in [2.24, 2.45) is 0 Å². The van der Waals surface area contributed by atoms with E-state index in [4.69, 9.17) is 0 Å². The van der Waals surface area contributed by atoms with E-state index in [0.717, 1.165) is 11.3 Å². The second-order valence-corrected chi connectivity index (χ2v) is 8.16. The summed E-state index contributed by atoms with van der Waals surface area (Å²) >= 11 is 3.88. The standard InChI is InChI=1S/C16H14N4O2S3/c1-10-4-6-11(7-5-10)17-13(21)9-24-16-20-19-15(25-16)18-14(22)12-3-2-8-23-12/h2-8H,9H2,1H3,(H,17,21)(H,18,19,22). The SMILES string of the molecule is Cc1ccc(NC(=O)CSc2nnc(NC(=O)c3cccs3)s2)cc1. The quantitative estimate of drug-likeness (QED) is 0.493. The maximum absolute atomic E-state index is 12.0. The molecule has 3 rings (SSSR count). The van der Waals surface area contributed by atoms with Crippen LogP contribution in [0.1, 0.15) is 15.2 Å². The molecule has 0 saturated heterocycles. The minimum atomic E-state index is -0.209. The van der Waals surface area contributed by atoms with Crippen molar-refractivity contribution < 1.29 is 9.59 Å². The van der Waals surface area contributed by atoms with Gasteiger partial charge in [0.1, 0.15) is 0 Å². The topological polar surface area (TPSA) is 84.0 Å². The van der Waals surface area contributed by atoms with E-state index in [1.54, 1.807) is 6.07 Å². The van der Waals surface area contributed by atoms with Crippen molar-refractivity contribution in [3.05, 3.63) is 52.2 Å². The van der Waals surface area contributed by atoms with Gasteiger partial charge in [0.15, 0.2) is 4.34 Å². The lowest BCUT2D eigenvalue weighted by Gasteiger charge is -2.04. The zero-order valence-corrected chi connectivity index (χ0v) is 15.6. The van der Waals surface area contributed by atoms with E-state index >= 15 is 0 Å². The first kappa shape index (κ1) is 17.6. The molecule has 6 nitrogen and oxygen atoms in total. The van der Waals surface area contributed by atoms with Crippen LogP contribution in [0.3, 0.4) is 0 Å². The zero-order chi connectivity index (χ0) is 17.6. The van der Waals surface area contributed by atoms with Crippen molar-refractivity contribution in [2.75, 3.05) is 16.4 Å². The summed E-state index contributed by atoms with van der Waals surface area (Å²) in [4.78, 5) is 24.5. The molecule has 0 aliphatic rings. The number of anilines is 2. The smallest absolute Gasteiger partial charge is 0.267 e. The average molecular weight is 391 g/mol. The number of nitrogens with one attached hydrogen (secondary N) is 2. The van der Waals surface area contributed by atoms with Gasteiger partial charge >= 0.3 is 0 Å². The van der Waals surface area contributed by atoms with Gasteiger partial charge in [0.2, 0.25) is 11.0 Å². The lowest BCUT2D eigenvalue weighted by Crippen LogP contribution is -2.13. The Morgan fingerprint density at radius 1 is 1.12 bits per heavy atom. The highest BCUT2D eigenvalue weighted by Crippen LogP contribution is 2.26. The summed E-state index contributed by atoms with van der Waals surface area (Å²) in [6.07, 6.45) is 0. The number of amides is 2. The molecule has 0 unspecified atom stereocenters. The predicted molar refractivity (Wildman–Crippen MR) is 103 cm³/mol. The number of rotatable bonds is 6. The van der Waals surface area contributed by atoms with Gasteiger partial charge in [-0.05, 0) is 30.5 Å². The highest BCUT2D eigenvalue weighted by atomic mass is 32.2. The van der Waals surface area contributed by atoms with Crippen molar-refractivity contribution in [1.29, 1.82) is 0 Å². The summed E-state index contributed by atoms with van der Waals surface area (Å²) in [6, 6.07) is 11.2. The molecule has 0 atom stereocenters. The molecule has 1 aromatic carbocycles. The molecule has 0 aliphatic carbocycles. The summed E-state index contributed by atoms with van der Waals surface area (Å²) in [7, 11) is 0. The summed E-state index contributed by atoms with van der Waals surface area (Å²) < 4.78 is 0.625. The Morgan fingerprint density at radius 2 is 1.92 bits per heavy atom. The number of hydrogen-bond donors (Lipinski definition) is 2. The second kappa shape index (κ2) is 8.24. The Morgan fingerprint density at radius 3 is 2.64 bits per heavy atom. The molecule has 0 spiro atoms. The molecule has 128 valence electrons. The minimum absolute atomic E-state index is 0.117. The molecule has 3 aromatic rings. The number of aromatic nitrogens is 2. The van der Waals surface area contributed by atoms with Crippen molar-refractivity contribution in [3.8, 4) is 0 Å². The molecular formula is C16H14N4O2S3. The van der Waals surface area contributed by atoms with Crippen LogP contribution in [0.4, 0.5) is 10.8 Å². The summed E-state index contributed by atoms with van der Waals surface area (Å²) in [5.74, 6) is -0.102. The highest BCUT2D eigenvalue weighted by Gasteiger charge is 2.12. The maximum atomic E-state index is 12.0. The van der Waals surface area contributed by atoms with Gasteiger partial charge in [-0.3, -0.25) is 14.9 Å². The van der Waals surface area contributed by atoms with Crippen LogP contribution in [0.2, 0.25) is 0 Å². The van der Waals surface area contributed by atoms with Crippen LogP contribution in [-0.2, 0) is 4.79 Å². The van der Waals surface area contributed by atoms with E-state index in [0.29, 0.717) is 14.3 Å². The van der Waals surface area contributed by atoms with Gasteiger partial charge in [-0.1, -0.05) is 46.9 Å². The normalized spacial score (nSPS) is 10.4. The molecule has 2 aromatic heterocycles.